The molecule has 0 aromatic heterocycles. The van der Waals surface area contributed by atoms with Crippen LogP contribution < -0.4 is 5.32 Å². The Morgan fingerprint density at radius 1 is 1.35 bits per heavy atom. The van der Waals surface area contributed by atoms with Crippen molar-refractivity contribution >= 4 is 5.91 Å². The van der Waals surface area contributed by atoms with Gasteiger partial charge in [-0.25, -0.2) is 4.39 Å². The number of nitrogens with one attached hydrogen (secondary N) is 1. The van der Waals surface area contributed by atoms with Gasteiger partial charge in [-0.3, -0.25) is 4.79 Å². The van der Waals surface area contributed by atoms with Crippen molar-refractivity contribution in [2.75, 3.05) is 6.54 Å². The van der Waals surface area contributed by atoms with Crippen molar-refractivity contribution in [3.05, 3.63) is 35.9 Å². The van der Waals surface area contributed by atoms with Crippen LogP contribution >= 0.6 is 0 Å². The molecule has 0 bridgehead atoms. The Balaban J connectivity index is 2.02. The highest BCUT2D eigenvalue weighted by molar-refractivity contribution is 5.85. The van der Waals surface area contributed by atoms with Gasteiger partial charge in [0.1, 0.15) is 11.8 Å². The quantitative estimate of drug-likeness (QED) is 0.870. The average molecular weight is 321 g/mol. The van der Waals surface area contributed by atoms with E-state index in [1.54, 1.807) is 24.3 Å². The summed E-state index contributed by atoms with van der Waals surface area (Å²) in [5, 5.41) is 13.6. The van der Waals surface area contributed by atoms with Gasteiger partial charge in [0, 0.05) is 0 Å². The Hall–Kier alpha value is -1.42. The number of halogens is 1. The van der Waals surface area contributed by atoms with E-state index in [1.807, 2.05) is 19.9 Å². The molecule has 128 valence electrons. The molecule has 2 N–H and O–H groups in total. The van der Waals surface area contributed by atoms with Crippen molar-refractivity contribution in [3.8, 4) is 0 Å². The Kier molecular flexibility index (Phi) is 5.79. The Labute approximate surface area is 138 Å². The first kappa shape index (κ1) is 17.9. The van der Waals surface area contributed by atoms with Crippen molar-refractivity contribution in [2.45, 2.75) is 51.8 Å². The lowest BCUT2D eigenvalue weighted by Gasteiger charge is -2.43. The standard InChI is InChI=1S/C19H28FNO2/c1-13(2)16-10-9-14(3)11-19(16,23)18(22)21-12-17(20)15-7-5-4-6-8-15/h4-8,13-14,16-17,23H,9-12H2,1-3H3,(H,21,22). The van der Waals surface area contributed by atoms with Crippen LogP contribution in [0.3, 0.4) is 0 Å². The topological polar surface area (TPSA) is 49.3 Å². The molecule has 1 aromatic rings. The number of aliphatic hydroxyl groups is 1. The van der Waals surface area contributed by atoms with Crippen molar-refractivity contribution in [2.24, 2.45) is 17.8 Å². The molecule has 1 fully saturated rings. The summed E-state index contributed by atoms with van der Waals surface area (Å²) >= 11 is 0. The zero-order valence-electron chi connectivity index (χ0n) is 14.3. The summed E-state index contributed by atoms with van der Waals surface area (Å²) in [4.78, 5) is 12.6. The van der Waals surface area contributed by atoms with E-state index in [2.05, 4.69) is 12.2 Å². The maximum atomic E-state index is 14.2. The lowest BCUT2D eigenvalue weighted by molar-refractivity contribution is -0.156. The summed E-state index contributed by atoms with van der Waals surface area (Å²) in [7, 11) is 0. The molecule has 0 radical (unpaired) electrons. The number of carbonyl (C=O) groups excluding carboxylic acids is 1. The minimum atomic E-state index is -1.39. The number of hydrogen-bond acceptors (Lipinski definition) is 2. The Morgan fingerprint density at radius 3 is 2.61 bits per heavy atom. The zero-order valence-corrected chi connectivity index (χ0v) is 14.3. The fourth-order valence-electron chi connectivity index (χ4n) is 3.75. The molecule has 0 aliphatic heterocycles. The van der Waals surface area contributed by atoms with E-state index in [-0.39, 0.29) is 18.4 Å². The van der Waals surface area contributed by atoms with Gasteiger partial charge in [-0.1, -0.05) is 57.5 Å². The predicted molar refractivity (Wildman–Crippen MR) is 89.6 cm³/mol. The summed E-state index contributed by atoms with van der Waals surface area (Å²) in [5.74, 6) is 0.0133. The highest BCUT2D eigenvalue weighted by Gasteiger charge is 2.48. The van der Waals surface area contributed by atoms with E-state index < -0.39 is 17.7 Å². The average Bonchev–Trinajstić information content (AvgIpc) is 2.52. The maximum absolute atomic E-state index is 14.2. The Bertz CT molecular complexity index is 519. The van der Waals surface area contributed by atoms with Gasteiger partial charge in [0.05, 0.1) is 6.54 Å². The first-order valence-electron chi connectivity index (χ1n) is 8.54. The normalized spacial score (nSPS) is 29.3. The first-order valence-corrected chi connectivity index (χ1v) is 8.54. The molecule has 4 heteroatoms. The highest BCUT2D eigenvalue weighted by Crippen LogP contribution is 2.41. The molecule has 1 aromatic carbocycles. The van der Waals surface area contributed by atoms with Gasteiger partial charge < -0.3 is 10.4 Å². The number of benzene rings is 1. The summed E-state index contributed by atoms with van der Waals surface area (Å²) < 4.78 is 14.2. The molecule has 0 heterocycles. The van der Waals surface area contributed by atoms with Crippen molar-refractivity contribution in [1.82, 2.24) is 5.32 Å². The van der Waals surface area contributed by atoms with Crippen LogP contribution in [0.15, 0.2) is 30.3 Å². The fraction of sp³-hybridized carbons (Fsp3) is 0.632. The highest BCUT2D eigenvalue weighted by atomic mass is 19.1. The van der Waals surface area contributed by atoms with Crippen molar-refractivity contribution in [3.63, 3.8) is 0 Å². The number of rotatable bonds is 5. The van der Waals surface area contributed by atoms with E-state index >= 15 is 0 Å². The summed E-state index contributed by atoms with van der Waals surface area (Å²) in [6, 6.07) is 8.77. The second-order valence-corrected chi connectivity index (χ2v) is 7.25. The predicted octanol–water partition coefficient (Wildman–Crippen LogP) is 3.64. The van der Waals surface area contributed by atoms with Crippen molar-refractivity contribution < 1.29 is 14.3 Å². The summed E-state index contributed by atoms with van der Waals surface area (Å²) in [5.41, 5.74) is -0.848. The second-order valence-electron chi connectivity index (χ2n) is 7.25. The van der Waals surface area contributed by atoms with Gasteiger partial charge >= 0.3 is 0 Å². The van der Waals surface area contributed by atoms with Gasteiger partial charge in [0.25, 0.3) is 5.91 Å². The molecular formula is C19H28FNO2. The number of alkyl halides is 1. The van der Waals surface area contributed by atoms with Crippen LogP contribution in [-0.2, 0) is 4.79 Å². The van der Waals surface area contributed by atoms with Gasteiger partial charge in [-0.05, 0) is 36.2 Å². The van der Waals surface area contributed by atoms with Gasteiger partial charge in [0.15, 0.2) is 0 Å². The molecule has 0 spiro atoms. The number of hydrogen-bond donors (Lipinski definition) is 2. The minimum Gasteiger partial charge on any atom is -0.380 e. The van der Waals surface area contributed by atoms with Crippen LogP contribution in [0.1, 0.15) is 51.8 Å². The SMILES string of the molecule is CC1CCC(C(C)C)C(O)(C(=O)NCC(F)c2ccccc2)C1. The van der Waals surface area contributed by atoms with E-state index in [0.717, 1.165) is 12.8 Å². The molecule has 0 saturated heterocycles. The van der Waals surface area contributed by atoms with Crippen LogP contribution in [0.4, 0.5) is 4.39 Å². The molecule has 1 amide bonds. The lowest BCUT2D eigenvalue weighted by atomic mass is 9.66. The molecule has 1 aliphatic carbocycles. The third-order valence-corrected chi connectivity index (χ3v) is 5.04. The maximum Gasteiger partial charge on any atom is 0.252 e. The Morgan fingerprint density at radius 2 is 2.00 bits per heavy atom. The molecule has 2 rings (SSSR count). The van der Waals surface area contributed by atoms with Gasteiger partial charge in [-0.15, -0.1) is 0 Å². The summed E-state index contributed by atoms with van der Waals surface area (Å²) in [6.45, 7) is 6.00. The van der Waals surface area contributed by atoms with Crippen molar-refractivity contribution in [1.29, 1.82) is 0 Å². The molecule has 1 saturated carbocycles. The zero-order chi connectivity index (χ0) is 17.0. The van der Waals surface area contributed by atoms with E-state index in [4.69, 9.17) is 0 Å². The van der Waals surface area contributed by atoms with Crippen LogP contribution in [0.5, 0.6) is 0 Å². The van der Waals surface area contributed by atoms with Gasteiger partial charge in [0.2, 0.25) is 0 Å². The van der Waals surface area contributed by atoms with E-state index in [0.29, 0.717) is 17.9 Å². The van der Waals surface area contributed by atoms with Crippen LogP contribution in [-0.4, -0.2) is 23.2 Å². The van der Waals surface area contributed by atoms with E-state index in [1.165, 1.54) is 0 Å². The van der Waals surface area contributed by atoms with E-state index in [9.17, 15) is 14.3 Å². The third kappa shape index (κ3) is 4.11. The summed E-state index contributed by atoms with van der Waals surface area (Å²) in [6.07, 6.45) is 1.04. The molecule has 1 aliphatic rings. The molecule has 4 atom stereocenters. The largest absolute Gasteiger partial charge is 0.380 e. The monoisotopic (exact) mass is 321 g/mol. The van der Waals surface area contributed by atoms with Crippen LogP contribution in [0.2, 0.25) is 0 Å². The van der Waals surface area contributed by atoms with Crippen LogP contribution in [0, 0.1) is 17.8 Å². The molecule has 23 heavy (non-hydrogen) atoms. The molecule has 4 unspecified atom stereocenters. The number of amides is 1. The van der Waals surface area contributed by atoms with Gasteiger partial charge in [-0.2, -0.15) is 0 Å². The first-order chi connectivity index (χ1) is 10.8. The minimum absolute atomic E-state index is 0.0755. The second kappa shape index (κ2) is 7.43. The molecular weight excluding hydrogens is 293 g/mol. The molecule has 3 nitrogen and oxygen atoms in total. The van der Waals surface area contributed by atoms with Crippen LogP contribution in [0.25, 0.3) is 0 Å². The number of carbonyl (C=O) groups is 1. The third-order valence-electron chi connectivity index (χ3n) is 5.04. The smallest absolute Gasteiger partial charge is 0.252 e. The fourth-order valence-corrected chi connectivity index (χ4v) is 3.75. The lowest BCUT2D eigenvalue weighted by Crippen LogP contribution is -2.56.